The van der Waals surface area contributed by atoms with Crippen LogP contribution in [0.25, 0.3) is 0 Å². The molecular formula is C8H12N2O2. The number of oxime groups is 1. The van der Waals surface area contributed by atoms with Gasteiger partial charge in [0.1, 0.15) is 0 Å². The zero-order chi connectivity index (χ0) is 9.35. The first-order chi connectivity index (χ1) is 5.46. The highest BCUT2D eigenvalue weighted by Gasteiger charge is 2.34. The van der Waals surface area contributed by atoms with Crippen molar-refractivity contribution in [1.29, 1.82) is 5.41 Å². The van der Waals surface area contributed by atoms with Crippen molar-refractivity contribution in [3.05, 3.63) is 0 Å². The Bertz CT molecular complexity index is 244. The number of Topliss-reactive ketones (excluding diaryl/α,β-unsaturated/α-hetero) is 1. The minimum Gasteiger partial charge on any atom is -0.410 e. The molecule has 0 heterocycles. The molecule has 0 spiro atoms. The Hall–Kier alpha value is -1.19. The van der Waals surface area contributed by atoms with Gasteiger partial charge in [-0.2, -0.15) is 0 Å². The van der Waals surface area contributed by atoms with Gasteiger partial charge in [-0.25, -0.2) is 0 Å². The molecule has 2 N–H and O–H groups in total. The Labute approximate surface area is 70.8 Å². The summed E-state index contributed by atoms with van der Waals surface area (Å²) >= 11 is 0. The Morgan fingerprint density at radius 2 is 2.08 bits per heavy atom. The fraction of sp³-hybridized carbons (Fsp3) is 0.625. The number of hydrogen-bond donors (Lipinski definition) is 2. The van der Waals surface area contributed by atoms with E-state index in [9.17, 15) is 4.79 Å². The Morgan fingerprint density at radius 1 is 1.50 bits per heavy atom. The molecule has 1 rings (SSSR count). The van der Waals surface area contributed by atoms with Crippen molar-refractivity contribution in [2.75, 3.05) is 0 Å². The minimum absolute atomic E-state index is 0.0747. The van der Waals surface area contributed by atoms with Crippen LogP contribution in [0, 0.1) is 10.8 Å². The maximum Gasteiger partial charge on any atom is 0.186 e. The summed E-state index contributed by atoms with van der Waals surface area (Å²) in [6, 6.07) is 0. The van der Waals surface area contributed by atoms with Crippen LogP contribution < -0.4 is 0 Å². The van der Waals surface area contributed by atoms with E-state index < -0.39 is 0 Å². The first kappa shape index (κ1) is 8.90. The largest absolute Gasteiger partial charge is 0.410 e. The van der Waals surface area contributed by atoms with Crippen molar-refractivity contribution in [2.24, 2.45) is 10.6 Å². The molecule has 0 radical (unpaired) electrons. The summed E-state index contributed by atoms with van der Waals surface area (Å²) in [5.74, 6) is -0.237. The third-order valence-electron chi connectivity index (χ3n) is 1.94. The van der Waals surface area contributed by atoms with Gasteiger partial charge in [-0.05, 0) is 11.8 Å². The Kier molecular flexibility index (Phi) is 2.00. The SMILES string of the molecule is CC1(C)CC(=N)/C(=N\O)C(=O)C1. The van der Waals surface area contributed by atoms with Crippen molar-refractivity contribution in [3.63, 3.8) is 0 Å². The molecule has 66 valence electrons. The van der Waals surface area contributed by atoms with Gasteiger partial charge in [-0.15, -0.1) is 0 Å². The highest BCUT2D eigenvalue weighted by Crippen LogP contribution is 2.30. The number of ketones is 1. The van der Waals surface area contributed by atoms with E-state index in [2.05, 4.69) is 5.16 Å². The van der Waals surface area contributed by atoms with E-state index in [1.807, 2.05) is 13.8 Å². The molecule has 0 saturated heterocycles. The van der Waals surface area contributed by atoms with Crippen LogP contribution in [0.1, 0.15) is 26.7 Å². The third-order valence-corrected chi connectivity index (χ3v) is 1.94. The molecule has 1 saturated carbocycles. The highest BCUT2D eigenvalue weighted by atomic mass is 16.4. The van der Waals surface area contributed by atoms with Crippen molar-refractivity contribution >= 4 is 17.2 Å². The number of carbonyl (C=O) groups excluding carboxylic acids is 1. The second kappa shape index (κ2) is 2.69. The second-order valence-electron chi connectivity index (χ2n) is 3.87. The summed E-state index contributed by atoms with van der Waals surface area (Å²) in [5.41, 5.74) is -0.101. The molecule has 1 aliphatic carbocycles. The van der Waals surface area contributed by atoms with Gasteiger partial charge in [0.15, 0.2) is 11.5 Å². The topological polar surface area (TPSA) is 73.5 Å². The number of rotatable bonds is 0. The van der Waals surface area contributed by atoms with E-state index in [0.29, 0.717) is 12.8 Å². The van der Waals surface area contributed by atoms with Crippen molar-refractivity contribution in [1.82, 2.24) is 0 Å². The lowest BCUT2D eigenvalue weighted by molar-refractivity contribution is -0.114. The summed E-state index contributed by atoms with van der Waals surface area (Å²) in [4.78, 5) is 11.2. The zero-order valence-electron chi connectivity index (χ0n) is 7.22. The molecule has 0 amide bonds. The molecule has 1 aliphatic rings. The fourth-order valence-electron chi connectivity index (χ4n) is 1.43. The predicted octanol–water partition coefficient (Wildman–Crippen LogP) is 1.23. The number of hydrogen-bond acceptors (Lipinski definition) is 4. The normalized spacial score (nSPS) is 26.3. The maximum absolute atomic E-state index is 11.2. The molecule has 4 heteroatoms. The second-order valence-corrected chi connectivity index (χ2v) is 3.87. The van der Waals surface area contributed by atoms with Crippen LogP contribution in [0.4, 0.5) is 0 Å². The summed E-state index contributed by atoms with van der Waals surface area (Å²) in [5, 5.41) is 18.7. The molecule has 0 aliphatic heterocycles. The molecule has 1 fully saturated rings. The average molecular weight is 168 g/mol. The van der Waals surface area contributed by atoms with Crippen LogP contribution in [0.5, 0.6) is 0 Å². The number of nitrogens with one attached hydrogen (secondary N) is 1. The quantitative estimate of drug-likeness (QED) is 0.421. The van der Waals surface area contributed by atoms with Gasteiger partial charge in [0, 0.05) is 6.42 Å². The van der Waals surface area contributed by atoms with Crippen LogP contribution in [0.15, 0.2) is 5.16 Å². The van der Waals surface area contributed by atoms with Gasteiger partial charge in [0.2, 0.25) is 0 Å². The molecule has 0 atom stereocenters. The Morgan fingerprint density at radius 3 is 2.50 bits per heavy atom. The van der Waals surface area contributed by atoms with Crippen molar-refractivity contribution < 1.29 is 10.0 Å². The molecule has 0 aromatic carbocycles. The monoisotopic (exact) mass is 168 g/mol. The van der Waals surface area contributed by atoms with Gasteiger partial charge < -0.3 is 10.6 Å². The smallest absolute Gasteiger partial charge is 0.186 e. The Balaban J connectivity index is 2.93. The lowest BCUT2D eigenvalue weighted by atomic mass is 9.75. The maximum atomic E-state index is 11.2. The molecule has 0 aromatic rings. The van der Waals surface area contributed by atoms with Gasteiger partial charge >= 0.3 is 0 Å². The fourth-order valence-corrected chi connectivity index (χ4v) is 1.43. The van der Waals surface area contributed by atoms with E-state index in [1.165, 1.54) is 0 Å². The van der Waals surface area contributed by atoms with E-state index in [-0.39, 0.29) is 22.6 Å². The lowest BCUT2D eigenvalue weighted by Crippen LogP contribution is -2.37. The first-order valence-corrected chi connectivity index (χ1v) is 3.79. The zero-order valence-corrected chi connectivity index (χ0v) is 7.22. The summed E-state index contributed by atoms with van der Waals surface area (Å²) in [6.07, 6.45) is 0.854. The van der Waals surface area contributed by atoms with Gasteiger partial charge in [-0.3, -0.25) is 4.79 Å². The molecule has 4 nitrogen and oxygen atoms in total. The molecule has 0 bridgehead atoms. The van der Waals surface area contributed by atoms with Gasteiger partial charge in [-0.1, -0.05) is 19.0 Å². The summed E-state index contributed by atoms with van der Waals surface area (Å²) < 4.78 is 0. The van der Waals surface area contributed by atoms with Crippen LogP contribution in [0.2, 0.25) is 0 Å². The van der Waals surface area contributed by atoms with Crippen LogP contribution in [-0.2, 0) is 4.79 Å². The first-order valence-electron chi connectivity index (χ1n) is 3.79. The standard InChI is InChI=1S/C8H12N2O2/c1-8(2)3-5(9)7(10-12)6(11)4-8/h9,12H,3-4H2,1-2H3/b9-5?,10-7+. The molecule has 12 heavy (non-hydrogen) atoms. The third kappa shape index (κ3) is 1.52. The van der Waals surface area contributed by atoms with E-state index in [4.69, 9.17) is 10.6 Å². The van der Waals surface area contributed by atoms with E-state index in [1.54, 1.807) is 0 Å². The van der Waals surface area contributed by atoms with Crippen LogP contribution in [-0.4, -0.2) is 22.4 Å². The van der Waals surface area contributed by atoms with Crippen molar-refractivity contribution in [2.45, 2.75) is 26.7 Å². The summed E-state index contributed by atoms with van der Waals surface area (Å²) in [6.45, 7) is 3.85. The highest BCUT2D eigenvalue weighted by molar-refractivity contribution is 6.67. The van der Waals surface area contributed by atoms with Crippen LogP contribution in [0.3, 0.4) is 0 Å². The van der Waals surface area contributed by atoms with Gasteiger partial charge in [0.25, 0.3) is 0 Å². The molecular weight excluding hydrogens is 156 g/mol. The van der Waals surface area contributed by atoms with Crippen LogP contribution >= 0.6 is 0 Å². The van der Waals surface area contributed by atoms with Crippen molar-refractivity contribution in [3.8, 4) is 0 Å². The number of carbonyl (C=O) groups is 1. The number of nitrogens with zero attached hydrogens (tertiary/aromatic N) is 1. The lowest BCUT2D eigenvalue weighted by Gasteiger charge is -2.28. The predicted molar refractivity (Wildman–Crippen MR) is 45.0 cm³/mol. The minimum atomic E-state index is -0.237. The van der Waals surface area contributed by atoms with Gasteiger partial charge in [0.05, 0.1) is 5.71 Å². The average Bonchev–Trinajstić information content (AvgIpc) is 1.82. The van der Waals surface area contributed by atoms with E-state index >= 15 is 0 Å². The van der Waals surface area contributed by atoms with E-state index in [0.717, 1.165) is 0 Å². The molecule has 0 unspecified atom stereocenters. The molecule has 0 aromatic heterocycles. The summed E-state index contributed by atoms with van der Waals surface area (Å²) in [7, 11) is 0.